The van der Waals surface area contributed by atoms with Crippen molar-refractivity contribution in [1.29, 1.82) is 0 Å². The van der Waals surface area contributed by atoms with Crippen molar-refractivity contribution >= 4 is 23.8 Å². The maximum Gasteiger partial charge on any atom is 0.355 e. The van der Waals surface area contributed by atoms with Gasteiger partial charge in [0.2, 0.25) is 0 Å². The van der Waals surface area contributed by atoms with E-state index in [0.717, 1.165) is 0 Å². The largest absolute Gasteiger partial charge is 0.496 e. The van der Waals surface area contributed by atoms with Crippen LogP contribution < -0.4 is 10.1 Å². The first-order chi connectivity index (χ1) is 13.8. The molecule has 2 rings (SSSR count). The minimum atomic E-state index is -0.832. The van der Waals surface area contributed by atoms with Gasteiger partial charge in [0, 0.05) is 5.69 Å². The zero-order valence-electron chi connectivity index (χ0n) is 16.6. The Hall–Kier alpha value is -3.62. The number of H-pyrrole nitrogens is 1. The molecule has 0 atom stereocenters. The SMILES string of the molecule is CCOC(=O)c1c(C)[nH]c(C(=O)OCC(=O)NC(=O)c2ccccc2OC)c1C. The van der Waals surface area contributed by atoms with E-state index in [0.29, 0.717) is 17.0 Å². The van der Waals surface area contributed by atoms with Gasteiger partial charge in [-0.25, -0.2) is 9.59 Å². The van der Waals surface area contributed by atoms with Crippen LogP contribution in [0.25, 0.3) is 0 Å². The van der Waals surface area contributed by atoms with Crippen LogP contribution in [-0.4, -0.2) is 49.1 Å². The average molecular weight is 402 g/mol. The molecule has 0 spiro atoms. The molecule has 0 aliphatic rings. The Labute approximate surface area is 167 Å². The highest BCUT2D eigenvalue weighted by molar-refractivity contribution is 6.07. The molecule has 1 aromatic heterocycles. The second kappa shape index (κ2) is 9.54. The molecule has 1 heterocycles. The maximum absolute atomic E-state index is 12.3. The van der Waals surface area contributed by atoms with E-state index in [1.165, 1.54) is 13.2 Å². The molecule has 0 unspecified atom stereocenters. The lowest BCUT2D eigenvalue weighted by molar-refractivity contribution is -0.123. The third kappa shape index (κ3) is 5.01. The molecule has 0 aliphatic heterocycles. The summed E-state index contributed by atoms with van der Waals surface area (Å²) in [6.07, 6.45) is 0. The third-order valence-corrected chi connectivity index (χ3v) is 4.06. The van der Waals surface area contributed by atoms with Gasteiger partial charge in [-0.3, -0.25) is 14.9 Å². The van der Waals surface area contributed by atoms with Crippen molar-refractivity contribution in [3.63, 3.8) is 0 Å². The summed E-state index contributed by atoms with van der Waals surface area (Å²) in [6, 6.07) is 6.39. The van der Waals surface area contributed by atoms with E-state index in [9.17, 15) is 19.2 Å². The highest BCUT2D eigenvalue weighted by atomic mass is 16.5. The fourth-order valence-electron chi connectivity index (χ4n) is 2.73. The normalized spacial score (nSPS) is 10.2. The van der Waals surface area contributed by atoms with Crippen LogP contribution in [0.3, 0.4) is 0 Å². The number of ether oxygens (including phenoxy) is 3. The number of amides is 2. The van der Waals surface area contributed by atoms with E-state index in [1.54, 1.807) is 39.0 Å². The second-order valence-corrected chi connectivity index (χ2v) is 6.00. The molecule has 154 valence electrons. The molecule has 9 heteroatoms. The van der Waals surface area contributed by atoms with Crippen LogP contribution in [-0.2, 0) is 14.3 Å². The van der Waals surface area contributed by atoms with E-state index in [4.69, 9.17) is 14.2 Å². The molecule has 0 aliphatic carbocycles. The summed E-state index contributed by atoms with van der Waals surface area (Å²) in [5, 5.41) is 2.12. The summed E-state index contributed by atoms with van der Waals surface area (Å²) < 4.78 is 15.0. The molecule has 0 saturated carbocycles. The summed E-state index contributed by atoms with van der Waals surface area (Å²) >= 11 is 0. The number of para-hydroxylation sites is 1. The highest BCUT2D eigenvalue weighted by Crippen LogP contribution is 2.20. The number of benzene rings is 1. The van der Waals surface area contributed by atoms with Crippen LogP contribution in [0.1, 0.15) is 49.4 Å². The Morgan fingerprint density at radius 3 is 2.38 bits per heavy atom. The summed E-state index contributed by atoms with van der Waals surface area (Å²) in [5.41, 5.74) is 1.26. The fourth-order valence-corrected chi connectivity index (χ4v) is 2.73. The molecule has 2 N–H and O–H groups in total. The van der Waals surface area contributed by atoms with Gasteiger partial charge in [-0.15, -0.1) is 0 Å². The Kier molecular flexibility index (Phi) is 7.13. The molecule has 2 aromatic rings. The Morgan fingerprint density at radius 2 is 1.72 bits per heavy atom. The lowest BCUT2D eigenvalue weighted by atomic mass is 10.1. The van der Waals surface area contributed by atoms with E-state index in [-0.39, 0.29) is 23.4 Å². The first-order valence-corrected chi connectivity index (χ1v) is 8.80. The number of hydrogen-bond acceptors (Lipinski definition) is 7. The predicted octanol–water partition coefficient (Wildman–Crippen LogP) is 1.93. The van der Waals surface area contributed by atoms with Gasteiger partial charge in [0.1, 0.15) is 11.4 Å². The Bertz CT molecular complexity index is 946. The third-order valence-electron chi connectivity index (χ3n) is 4.06. The van der Waals surface area contributed by atoms with E-state index >= 15 is 0 Å². The number of hydrogen-bond donors (Lipinski definition) is 2. The number of carbonyl (C=O) groups is 4. The summed E-state index contributed by atoms with van der Waals surface area (Å²) in [7, 11) is 1.40. The van der Waals surface area contributed by atoms with Crippen molar-refractivity contribution in [2.45, 2.75) is 20.8 Å². The zero-order valence-corrected chi connectivity index (χ0v) is 16.6. The number of aromatic amines is 1. The van der Waals surface area contributed by atoms with Gasteiger partial charge in [-0.1, -0.05) is 12.1 Å². The number of carbonyl (C=O) groups excluding carboxylic acids is 4. The van der Waals surface area contributed by atoms with Gasteiger partial charge >= 0.3 is 11.9 Å². The molecule has 9 nitrogen and oxygen atoms in total. The minimum Gasteiger partial charge on any atom is -0.496 e. The number of nitrogens with one attached hydrogen (secondary N) is 2. The Morgan fingerprint density at radius 1 is 1.03 bits per heavy atom. The van der Waals surface area contributed by atoms with Gasteiger partial charge in [-0.05, 0) is 38.5 Å². The molecular formula is C20H22N2O7. The number of rotatable bonds is 7. The molecular weight excluding hydrogens is 380 g/mol. The first kappa shape index (κ1) is 21.7. The van der Waals surface area contributed by atoms with Gasteiger partial charge in [0.15, 0.2) is 6.61 Å². The van der Waals surface area contributed by atoms with Crippen LogP contribution in [0.5, 0.6) is 5.75 Å². The minimum absolute atomic E-state index is 0.0365. The van der Waals surface area contributed by atoms with Crippen molar-refractivity contribution < 1.29 is 33.4 Å². The smallest absolute Gasteiger partial charge is 0.355 e. The molecule has 0 fully saturated rings. The maximum atomic E-state index is 12.3. The number of esters is 2. The molecule has 2 amide bonds. The van der Waals surface area contributed by atoms with Gasteiger partial charge in [0.25, 0.3) is 11.8 Å². The average Bonchev–Trinajstić information content (AvgIpc) is 3.00. The second-order valence-electron chi connectivity index (χ2n) is 6.00. The fraction of sp³-hybridized carbons (Fsp3) is 0.300. The molecule has 0 saturated heterocycles. The van der Waals surface area contributed by atoms with Gasteiger partial charge < -0.3 is 19.2 Å². The zero-order chi connectivity index (χ0) is 21.6. The van der Waals surface area contributed by atoms with E-state index < -0.39 is 30.4 Å². The van der Waals surface area contributed by atoms with Gasteiger partial charge in [-0.2, -0.15) is 0 Å². The van der Waals surface area contributed by atoms with Crippen molar-refractivity contribution in [3.05, 3.63) is 52.3 Å². The van der Waals surface area contributed by atoms with Crippen LogP contribution in [0.2, 0.25) is 0 Å². The number of methoxy groups -OCH3 is 1. The molecule has 1 aromatic carbocycles. The van der Waals surface area contributed by atoms with Crippen LogP contribution in [0.4, 0.5) is 0 Å². The molecule has 29 heavy (non-hydrogen) atoms. The number of imide groups is 1. The standard InChI is InChI=1S/C20H22N2O7/c1-5-28-19(25)16-11(2)17(21-12(16)3)20(26)29-10-15(23)22-18(24)13-8-6-7-9-14(13)27-4/h6-9,21H,5,10H2,1-4H3,(H,22,23,24). The Balaban J connectivity index is 2.00. The van der Waals surface area contributed by atoms with Gasteiger partial charge in [0.05, 0.1) is 24.8 Å². The lowest BCUT2D eigenvalue weighted by Gasteiger charge is -2.08. The van der Waals surface area contributed by atoms with Crippen LogP contribution in [0, 0.1) is 13.8 Å². The van der Waals surface area contributed by atoms with Crippen molar-refractivity contribution in [2.75, 3.05) is 20.3 Å². The van der Waals surface area contributed by atoms with E-state index in [2.05, 4.69) is 10.3 Å². The summed E-state index contributed by atoms with van der Waals surface area (Å²) in [5.74, 6) is -2.57. The summed E-state index contributed by atoms with van der Waals surface area (Å²) in [4.78, 5) is 51.2. The van der Waals surface area contributed by atoms with Crippen LogP contribution in [0.15, 0.2) is 24.3 Å². The van der Waals surface area contributed by atoms with Crippen molar-refractivity contribution in [2.24, 2.45) is 0 Å². The summed E-state index contributed by atoms with van der Waals surface area (Å²) in [6.45, 7) is 4.39. The number of aromatic nitrogens is 1. The highest BCUT2D eigenvalue weighted by Gasteiger charge is 2.24. The predicted molar refractivity (Wildman–Crippen MR) is 102 cm³/mol. The number of aryl methyl sites for hydroxylation is 1. The van der Waals surface area contributed by atoms with Crippen molar-refractivity contribution in [3.8, 4) is 5.75 Å². The molecule has 0 radical (unpaired) electrons. The lowest BCUT2D eigenvalue weighted by Crippen LogP contribution is -2.34. The van der Waals surface area contributed by atoms with E-state index in [1.807, 2.05) is 0 Å². The quantitative estimate of drug-likeness (QED) is 0.678. The van der Waals surface area contributed by atoms with Crippen LogP contribution >= 0.6 is 0 Å². The first-order valence-electron chi connectivity index (χ1n) is 8.80. The monoisotopic (exact) mass is 402 g/mol. The molecule has 0 bridgehead atoms. The van der Waals surface area contributed by atoms with Crippen molar-refractivity contribution in [1.82, 2.24) is 10.3 Å². The topological polar surface area (TPSA) is 124 Å².